The molecule has 7 aromatic rings. The molecule has 1 aliphatic rings. The first-order valence-corrected chi connectivity index (χ1v) is 15.4. The van der Waals surface area contributed by atoms with Gasteiger partial charge in [0.2, 0.25) is 0 Å². The van der Waals surface area contributed by atoms with E-state index in [1.807, 2.05) is 60.7 Å². The first-order valence-electron chi connectivity index (χ1n) is 15.4. The van der Waals surface area contributed by atoms with Gasteiger partial charge in [0.05, 0.1) is 0 Å². The van der Waals surface area contributed by atoms with Gasteiger partial charge in [0, 0.05) is 22.1 Å². The normalized spacial score (nSPS) is 12.8. The standard InChI is InChI=1S/C42H31N3/c1-42(2)36-21-10-9-19-35(36)38-34(20-12-22-37(38)42)29-25-23-28(24-26-29)32-17-11-18-33(27-32)41-44-39(30-13-5-3-6-14-30)43-40(45-41)31-15-7-4-8-16-31/h3-27H,1-2H3. The van der Waals surface area contributed by atoms with Gasteiger partial charge in [0.15, 0.2) is 17.5 Å². The van der Waals surface area contributed by atoms with Crippen LogP contribution in [0.1, 0.15) is 25.0 Å². The van der Waals surface area contributed by atoms with Crippen molar-refractivity contribution in [2.75, 3.05) is 0 Å². The second-order valence-corrected chi connectivity index (χ2v) is 12.1. The SMILES string of the molecule is CC1(C)c2ccccc2-c2c(-c3ccc(-c4cccc(-c5nc(-c6ccccc6)nc(-c6ccccc6)n5)c4)cc3)cccc21. The summed E-state index contributed by atoms with van der Waals surface area (Å²) >= 11 is 0. The second-order valence-electron chi connectivity index (χ2n) is 12.1. The molecular weight excluding hydrogens is 546 g/mol. The minimum absolute atomic E-state index is 0.0158. The lowest BCUT2D eigenvalue weighted by Crippen LogP contribution is -2.14. The van der Waals surface area contributed by atoms with E-state index in [0.717, 1.165) is 27.8 Å². The fourth-order valence-corrected chi connectivity index (χ4v) is 6.61. The van der Waals surface area contributed by atoms with Crippen LogP contribution in [-0.4, -0.2) is 15.0 Å². The summed E-state index contributed by atoms with van der Waals surface area (Å²) in [6.07, 6.45) is 0. The summed E-state index contributed by atoms with van der Waals surface area (Å²) in [6.45, 7) is 4.66. The van der Waals surface area contributed by atoms with Crippen LogP contribution in [0.4, 0.5) is 0 Å². The molecule has 0 aliphatic heterocycles. The summed E-state index contributed by atoms with van der Waals surface area (Å²) in [7, 11) is 0. The quantitative estimate of drug-likeness (QED) is 0.204. The second kappa shape index (κ2) is 10.8. The number of rotatable bonds is 5. The number of hydrogen-bond acceptors (Lipinski definition) is 3. The Hall–Kier alpha value is -5.67. The first-order chi connectivity index (χ1) is 22.1. The number of aromatic nitrogens is 3. The van der Waals surface area contributed by atoms with Crippen LogP contribution in [0.5, 0.6) is 0 Å². The number of hydrogen-bond donors (Lipinski definition) is 0. The van der Waals surface area contributed by atoms with Crippen LogP contribution in [0.3, 0.4) is 0 Å². The van der Waals surface area contributed by atoms with Gasteiger partial charge in [-0.1, -0.05) is 159 Å². The maximum absolute atomic E-state index is 4.93. The molecule has 0 radical (unpaired) electrons. The molecule has 0 N–H and O–H groups in total. The molecule has 0 amide bonds. The predicted molar refractivity (Wildman–Crippen MR) is 185 cm³/mol. The highest BCUT2D eigenvalue weighted by atomic mass is 15.0. The Bertz CT molecular complexity index is 2110. The topological polar surface area (TPSA) is 38.7 Å². The molecule has 3 heteroatoms. The maximum atomic E-state index is 4.93. The van der Waals surface area contributed by atoms with Crippen molar-refractivity contribution in [1.82, 2.24) is 15.0 Å². The molecule has 3 nitrogen and oxygen atoms in total. The highest BCUT2D eigenvalue weighted by Crippen LogP contribution is 2.51. The predicted octanol–water partition coefficient (Wildman–Crippen LogP) is 10.5. The largest absolute Gasteiger partial charge is 0.208 e. The summed E-state index contributed by atoms with van der Waals surface area (Å²) in [5.74, 6) is 1.98. The zero-order valence-electron chi connectivity index (χ0n) is 25.3. The van der Waals surface area contributed by atoms with E-state index >= 15 is 0 Å². The lowest BCUT2D eigenvalue weighted by Gasteiger charge is -2.21. The molecule has 1 heterocycles. The Morgan fingerprint density at radius 1 is 0.356 bits per heavy atom. The van der Waals surface area contributed by atoms with Gasteiger partial charge in [-0.3, -0.25) is 0 Å². The van der Waals surface area contributed by atoms with E-state index in [1.165, 1.54) is 33.4 Å². The Morgan fingerprint density at radius 3 is 1.49 bits per heavy atom. The lowest BCUT2D eigenvalue weighted by atomic mass is 9.82. The van der Waals surface area contributed by atoms with Crippen LogP contribution in [0, 0.1) is 0 Å². The van der Waals surface area contributed by atoms with Crippen molar-refractivity contribution in [3.63, 3.8) is 0 Å². The molecule has 0 bridgehead atoms. The van der Waals surface area contributed by atoms with Crippen LogP contribution in [0.25, 0.3) is 67.5 Å². The van der Waals surface area contributed by atoms with Crippen LogP contribution < -0.4 is 0 Å². The van der Waals surface area contributed by atoms with Gasteiger partial charge in [-0.2, -0.15) is 0 Å². The van der Waals surface area contributed by atoms with Crippen molar-refractivity contribution >= 4 is 0 Å². The van der Waals surface area contributed by atoms with E-state index in [9.17, 15) is 0 Å². The van der Waals surface area contributed by atoms with Gasteiger partial charge >= 0.3 is 0 Å². The lowest BCUT2D eigenvalue weighted by molar-refractivity contribution is 0.660. The Labute approximate surface area is 264 Å². The fourth-order valence-electron chi connectivity index (χ4n) is 6.61. The van der Waals surface area contributed by atoms with E-state index < -0.39 is 0 Å². The third-order valence-corrected chi connectivity index (χ3v) is 8.96. The summed E-state index contributed by atoms with van der Waals surface area (Å²) in [5.41, 5.74) is 13.1. The van der Waals surface area contributed by atoms with E-state index in [-0.39, 0.29) is 5.41 Å². The molecule has 1 aliphatic carbocycles. The average Bonchev–Trinajstić information content (AvgIpc) is 3.35. The molecule has 0 fully saturated rings. The Morgan fingerprint density at radius 2 is 0.822 bits per heavy atom. The molecule has 8 rings (SSSR count). The summed E-state index contributed by atoms with van der Waals surface area (Å²) in [5, 5.41) is 0. The van der Waals surface area contributed by atoms with Crippen LogP contribution >= 0.6 is 0 Å². The van der Waals surface area contributed by atoms with Crippen molar-refractivity contribution in [2.24, 2.45) is 0 Å². The minimum atomic E-state index is -0.0158. The Balaban J connectivity index is 1.17. The first kappa shape index (κ1) is 26.9. The molecule has 0 saturated heterocycles. The fraction of sp³-hybridized carbons (Fsp3) is 0.0714. The van der Waals surface area contributed by atoms with Gasteiger partial charge in [0.1, 0.15) is 0 Å². The number of benzene rings is 6. The molecule has 1 aromatic heterocycles. The maximum Gasteiger partial charge on any atom is 0.164 e. The third kappa shape index (κ3) is 4.74. The van der Waals surface area contributed by atoms with E-state index in [1.54, 1.807) is 0 Å². The van der Waals surface area contributed by atoms with Crippen LogP contribution in [-0.2, 0) is 5.41 Å². The zero-order chi connectivity index (χ0) is 30.4. The smallest absolute Gasteiger partial charge is 0.164 e. The van der Waals surface area contributed by atoms with Gasteiger partial charge in [-0.25, -0.2) is 15.0 Å². The number of nitrogens with zero attached hydrogens (tertiary/aromatic N) is 3. The van der Waals surface area contributed by atoms with Gasteiger partial charge in [0.25, 0.3) is 0 Å². The third-order valence-electron chi connectivity index (χ3n) is 8.96. The zero-order valence-corrected chi connectivity index (χ0v) is 25.3. The van der Waals surface area contributed by atoms with Gasteiger partial charge in [-0.05, 0) is 50.6 Å². The van der Waals surface area contributed by atoms with E-state index in [2.05, 4.69) is 105 Å². The van der Waals surface area contributed by atoms with E-state index in [4.69, 9.17) is 15.0 Å². The molecule has 0 spiro atoms. The van der Waals surface area contributed by atoms with Gasteiger partial charge < -0.3 is 0 Å². The summed E-state index contributed by atoms with van der Waals surface area (Å²) < 4.78 is 0. The highest BCUT2D eigenvalue weighted by Gasteiger charge is 2.36. The summed E-state index contributed by atoms with van der Waals surface area (Å²) in [4.78, 5) is 14.7. The molecular formula is C42H31N3. The van der Waals surface area contributed by atoms with Crippen LogP contribution in [0.2, 0.25) is 0 Å². The molecule has 45 heavy (non-hydrogen) atoms. The molecule has 214 valence electrons. The molecule has 0 unspecified atom stereocenters. The van der Waals surface area contributed by atoms with Crippen molar-refractivity contribution < 1.29 is 0 Å². The molecule has 0 atom stereocenters. The van der Waals surface area contributed by atoms with E-state index in [0.29, 0.717) is 17.5 Å². The average molecular weight is 578 g/mol. The Kier molecular flexibility index (Phi) is 6.46. The summed E-state index contributed by atoms with van der Waals surface area (Å²) in [6, 6.07) is 53.2. The van der Waals surface area contributed by atoms with Gasteiger partial charge in [-0.15, -0.1) is 0 Å². The molecule has 6 aromatic carbocycles. The highest BCUT2D eigenvalue weighted by molar-refractivity contribution is 5.92. The number of fused-ring (bicyclic) bond motifs is 3. The monoisotopic (exact) mass is 577 g/mol. The van der Waals surface area contributed by atoms with Crippen molar-refractivity contribution in [2.45, 2.75) is 19.3 Å². The van der Waals surface area contributed by atoms with Crippen molar-refractivity contribution in [3.05, 3.63) is 163 Å². The molecule has 0 saturated carbocycles. The minimum Gasteiger partial charge on any atom is -0.208 e. The van der Waals surface area contributed by atoms with Crippen molar-refractivity contribution in [3.8, 4) is 67.5 Å². The van der Waals surface area contributed by atoms with Crippen molar-refractivity contribution in [1.29, 1.82) is 0 Å². The van der Waals surface area contributed by atoms with Crippen LogP contribution in [0.15, 0.2) is 152 Å².